The standard InChI is InChI=1S/C20H22N2O3S/c1-5-22-16-9-6-13(2)10-18(16)26-20(22)21-19(23)11-14-7-8-15(24-3)12-17(14)25-4/h6-10,12H,5,11H2,1-4H3. The van der Waals surface area contributed by atoms with E-state index in [9.17, 15) is 4.79 Å². The molecule has 0 N–H and O–H groups in total. The van der Waals surface area contributed by atoms with Crippen LogP contribution >= 0.6 is 11.3 Å². The van der Waals surface area contributed by atoms with Crippen molar-refractivity contribution in [2.45, 2.75) is 26.8 Å². The lowest BCUT2D eigenvalue weighted by Gasteiger charge is -2.08. The summed E-state index contributed by atoms with van der Waals surface area (Å²) in [5, 5.41) is 0. The fourth-order valence-corrected chi connectivity index (χ4v) is 4.09. The summed E-state index contributed by atoms with van der Waals surface area (Å²) >= 11 is 1.54. The van der Waals surface area contributed by atoms with Crippen molar-refractivity contribution in [2.75, 3.05) is 14.2 Å². The first-order valence-electron chi connectivity index (χ1n) is 8.44. The Hall–Kier alpha value is -2.60. The van der Waals surface area contributed by atoms with Gasteiger partial charge >= 0.3 is 0 Å². The Bertz CT molecular complexity index is 1020. The minimum Gasteiger partial charge on any atom is -0.497 e. The van der Waals surface area contributed by atoms with Crippen LogP contribution in [0, 0.1) is 6.92 Å². The second-order valence-electron chi connectivity index (χ2n) is 5.96. The summed E-state index contributed by atoms with van der Waals surface area (Å²) in [6, 6.07) is 11.7. The highest BCUT2D eigenvalue weighted by Crippen LogP contribution is 2.25. The van der Waals surface area contributed by atoms with Gasteiger partial charge in [-0.05, 0) is 37.6 Å². The van der Waals surface area contributed by atoms with Crippen LogP contribution < -0.4 is 14.3 Å². The Morgan fingerprint density at radius 2 is 1.96 bits per heavy atom. The molecule has 1 amide bonds. The quantitative estimate of drug-likeness (QED) is 0.688. The van der Waals surface area contributed by atoms with Crippen LogP contribution in [-0.4, -0.2) is 24.7 Å². The van der Waals surface area contributed by atoms with E-state index >= 15 is 0 Å². The molecule has 0 saturated carbocycles. The van der Waals surface area contributed by atoms with Crippen LogP contribution in [0.4, 0.5) is 0 Å². The predicted molar refractivity (Wildman–Crippen MR) is 104 cm³/mol. The molecule has 5 nitrogen and oxygen atoms in total. The summed E-state index contributed by atoms with van der Waals surface area (Å²) in [6.07, 6.45) is 0.185. The molecular formula is C20H22N2O3S. The maximum absolute atomic E-state index is 12.6. The van der Waals surface area contributed by atoms with Gasteiger partial charge in [-0.2, -0.15) is 4.99 Å². The van der Waals surface area contributed by atoms with E-state index in [1.54, 1.807) is 31.6 Å². The van der Waals surface area contributed by atoms with Crippen molar-refractivity contribution in [3.63, 3.8) is 0 Å². The van der Waals surface area contributed by atoms with Gasteiger partial charge in [0, 0.05) is 18.2 Å². The first kappa shape index (κ1) is 18.2. The van der Waals surface area contributed by atoms with Crippen molar-refractivity contribution < 1.29 is 14.3 Å². The predicted octanol–water partition coefficient (Wildman–Crippen LogP) is 3.72. The number of ether oxygens (including phenoxy) is 2. The normalized spacial score (nSPS) is 11.8. The fraction of sp³-hybridized carbons (Fsp3) is 0.300. The van der Waals surface area contributed by atoms with Gasteiger partial charge in [0.1, 0.15) is 11.5 Å². The largest absolute Gasteiger partial charge is 0.497 e. The third-order valence-electron chi connectivity index (χ3n) is 4.21. The maximum atomic E-state index is 12.6. The number of rotatable bonds is 5. The number of hydrogen-bond acceptors (Lipinski definition) is 4. The first-order valence-corrected chi connectivity index (χ1v) is 9.25. The Morgan fingerprint density at radius 1 is 1.15 bits per heavy atom. The summed E-state index contributed by atoms with van der Waals surface area (Å²) in [7, 11) is 3.18. The number of benzene rings is 2. The molecule has 0 saturated heterocycles. The van der Waals surface area contributed by atoms with E-state index in [-0.39, 0.29) is 12.3 Å². The smallest absolute Gasteiger partial charge is 0.252 e. The minimum atomic E-state index is -0.195. The number of amides is 1. The number of hydrogen-bond donors (Lipinski definition) is 0. The topological polar surface area (TPSA) is 52.8 Å². The SMILES string of the molecule is CCn1c(=NC(=O)Cc2ccc(OC)cc2OC)sc2cc(C)ccc21. The molecule has 0 spiro atoms. The highest BCUT2D eigenvalue weighted by molar-refractivity contribution is 7.16. The molecule has 1 aromatic heterocycles. The van der Waals surface area contributed by atoms with Crippen LogP contribution in [0.2, 0.25) is 0 Å². The molecule has 2 aromatic carbocycles. The number of carbonyl (C=O) groups excluding carboxylic acids is 1. The molecule has 0 atom stereocenters. The zero-order valence-corrected chi connectivity index (χ0v) is 16.2. The van der Waals surface area contributed by atoms with E-state index in [2.05, 4.69) is 41.6 Å². The van der Waals surface area contributed by atoms with Gasteiger partial charge < -0.3 is 14.0 Å². The van der Waals surface area contributed by atoms with Crippen molar-refractivity contribution in [3.8, 4) is 11.5 Å². The van der Waals surface area contributed by atoms with Crippen LogP contribution in [0.25, 0.3) is 10.2 Å². The minimum absolute atomic E-state index is 0.185. The van der Waals surface area contributed by atoms with Crippen LogP contribution in [0.15, 0.2) is 41.4 Å². The molecule has 0 radical (unpaired) electrons. The third-order valence-corrected chi connectivity index (χ3v) is 5.25. The molecule has 3 aromatic rings. The third kappa shape index (κ3) is 3.65. The fourth-order valence-electron chi connectivity index (χ4n) is 2.88. The van der Waals surface area contributed by atoms with Gasteiger partial charge in [0.2, 0.25) is 0 Å². The molecule has 136 valence electrons. The lowest BCUT2D eigenvalue weighted by atomic mass is 10.1. The number of carbonyl (C=O) groups is 1. The van der Waals surface area contributed by atoms with E-state index in [0.29, 0.717) is 11.5 Å². The number of nitrogens with zero attached hydrogens (tertiary/aromatic N) is 2. The molecule has 0 bridgehead atoms. The van der Waals surface area contributed by atoms with Crippen molar-refractivity contribution in [3.05, 3.63) is 52.3 Å². The van der Waals surface area contributed by atoms with Crippen LogP contribution in [-0.2, 0) is 17.8 Å². The first-order chi connectivity index (χ1) is 12.5. The van der Waals surface area contributed by atoms with E-state index in [1.807, 2.05) is 12.1 Å². The average molecular weight is 370 g/mol. The zero-order chi connectivity index (χ0) is 18.7. The summed E-state index contributed by atoms with van der Waals surface area (Å²) < 4.78 is 13.8. The highest BCUT2D eigenvalue weighted by atomic mass is 32.1. The highest BCUT2D eigenvalue weighted by Gasteiger charge is 2.11. The molecule has 0 aliphatic heterocycles. The Kier molecular flexibility index (Phi) is 5.42. The molecule has 0 fully saturated rings. The van der Waals surface area contributed by atoms with Crippen LogP contribution in [0.1, 0.15) is 18.1 Å². The van der Waals surface area contributed by atoms with Crippen molar-refractivity contribution in [1.82, 2.24) is 4.57 Å². The lowest BCUT2D eigenvalue weighted by Crippen LogP contribution is -2.16. The molecule has 0 aliphatic rings. The Labute approximate surface area is 156 Å². The van der Waals surface area contributed by atoms with Gasteiger partial charge in [-0.15, -0.1) is 0 Å². The summed E-state index contributed by atoms with van der Waals surface area (Å²) in [5.41, 5.74) is 3.10. The Morgan fingerprint density at radius 3 is 2.65 bits per heavy atom. The van der Waals surface area contributed by atoms with Crippen molar-refractivity contribution in [2.24, 2.45) is 4.99 Å². The zero-order valence-electron chi connectivity index (χ0n) is 15.4. The summed E-state index contributed by atoms with van der Waals surface area (Å²) in [6.45, 7) is 4.89. The van der Waals surface area contributed by atoms with Gasteiger partial charge in [0.25, 0.3) is 5.91 Å². The van der Waals surface area contributed by atoms with Gasteiger partial charge in [-0.1, -0.05) is 23.5 Å². The van der Waals surface area contributed by atoms with Gasteiger partial charge in [0.05, 0.1) is 30.9 Å². The number of methoxy groups -OCH3 is 2. The number of aromatic nitrogens is 1. The van der Waals surface area contributed by atoms with E-state index < -0.39 is 0 Å². The van der Waals surface area contributed by atoms with Gasteiger partial charge in [-0.3, -0.25) is 4.79 Å². The number of fused-ring (bicyclic) bond motifs is 1. The van der Waals surface area contributed by atoms with Crippen molar-refractivity contribution >= 4 is 27.5 Å². The second kappa shape index (κ2) is 7.74. The van der Waals surface area contributed by atoms with Crippen molar-refractivity contribution in [1.29, 1.82) is 0 Å². The molecule has 0 aliphatic carbocycles. The second-order valence-corrected chi connectivity index (χ2v) is 6.97. The lowest BCUT2D eigenvalue weighted by molar-refractivity contribution is -0.117. The van der Waals surface area contributed by atoms with Gasteiger partial charge in [0.15, 0.2) is 4.80 Å². The molecule has 3 rings (SSSR count). The Balaban J connectivity index is 1.95. The molecule has 0 unspecified atom stereocenters. The molecule has 26 heavy (non-hydrogen) atoms. The molecule has 6 heteroatoms. The maximum Gasteiger partial charge on any atom is 0.252 e. The average Bonchev–Trinajstić information content (AvgIpc) is 2.97. The monoisotopic (exact) mass is 370 g/mol. The molecule has 1 heterocycles. The summed E-state index contributed by atoms with van der Waals surface area (Å²) in [5.74, 6) is 1.13. The van der Waals surface area contributed by atoms with Gasteiger partial charge in [-0.25, -0.2) is 0 Å². The van der Waals surface area contributed by atoms with Crippen LogP contribution in [0.5, 0.6) is 11.5 Å². The van der Waals surface area contributed by atoms with E-state index in [0.717, 1.165) is 27.1 Å². The van der Waals surface area contributed by atoms with Crippen LogP contribution in [0.3, 0.4) is 0 Å². The summed E-state index contributed by atoms with van der Waals surface area (Å²) in [4.78, 5) is 17.6. The van der Waals surface area contributed by atoms with E-state index in [4.69, 9.17) is 9.47 Å². The molecular weight excluding hydrogens is 348 g/mol. The van der Waals surface area contributed by atoms with E-state index in [1.165, 1.54) is 5.56 Å². The number of thiazole rings is 1. The number of aryl methyl sites for hydroxylation is 2.